The average molecular weight is 254 g/mol. The van der Waals surface area contributed by atoms with Crippen LogP contribution in [0.3, 0.4) is 0 Å². The van der Waals surface area contributed by atoms with Gasteiger partial charge in [-0.2, -0.15) is 0 Å². The minimum Gasteiger partial charge on any atom is -0.398 e. The summed E-state index contributed by atoms with van der Waals surface area (Å²) in [7, 11) is 0. The molecular weight excluding hydrogens is 242 g/mol. The maximum atomic E-state index is 6.01. The summed E-state index contributed by atoms with van der Waals surface area (Å²) < 4.78 is 0. The van der Waals surface area contributed by atoms with Crippen LogP contribution in [0, 0.1) is 6.92 Å². The second-order valence-corrected chi connectivity index (χ2v) is 4.81. The van der Waals surface area contributed by atoms with E-state index in [1.807, 2.05) is 24.4 Å². The Balaban J connectivity index is 2.14. The minimum absolute atomic E-state index is 0.495. The molecule has 3 nitrogen and oxygen atoms in total. The van der Waals surface area contributed by atoms with Crippen LogP contribution in [-0.4, -0.2) is 4.98 Å². The summed E-state index contributed by atoms with van der Waals surface area (Å²) in [6.45, 7) is 2.67. The molecular formula is C11H12ClN3S. The third-order valence-electron chi connectivity index (χ3n) is 2.32. The molecule has 0 spiro atoms. The van der Waals surface area contributed by atoms with Crippen molar-refractivity contribution in [2.45, 2.75) is 13.5 Å². The summed E-state index contributed by atoms with van der Waals surface area (Å²) in [6, 6.07) is 3.82. The number of nitrogens with zero attached hydrogens (tertiary/aromatic N) is 1. The van der Waals surface area contributed by atoms with Crippen LogP contribution >= 0.6 is 22.9 Å². The molecule has 2 rings (SSSR count). The van der Waals surface area contributed by atoms with Crippen molar-refractivity contribution in [2.75, 3.05) is 11.1 Å². The molecule has 0 aliphatic carbocycles. The number of hydrogen-bond acceptors (Lipinski definition) is 4. The number of halogens is 1. The number of nitrogen functional groups attached to an aromatic ring is 1. The van der Waals surface area contributed by atoms with Gasteiger partial charge < -0.3 is 11.1 Å². The SMILES string of the molecule is Cc1ccnc(Cl)c1NCc1sccc1N. The smallest absolute Gasteiger partial charge is 0.152 e. The lowest BCUT2D eigenvalue weighted by atomic mass is 10.2. The van der Waals surface area contributed by atoms with Crippen LogP contribution in [-0.2, 0) is 6.54 Å². The van der Waals surface area contributed by atoms with Crippen molar-refractivity contribution in [3.63, 3.8) is 0 Å². The number of pyridine rings is 1. The fourth-order valence-electron chi connectivity index (χ4n) is 1.40. The van der Waals surface area contributed by atoms with Gasteiger partial charge in [-0.1, -0.05) is 11.6 Å². The molecule has 5 heteroatoms. The van der Waals surface area contributed by atoms with E-state index < -0.39 is 0 Å². The monoisotopic (exact) mass is 253 g/mol. The lowest BCUT2D eigenvalue weighted by Crippen LogP contribution is -2.02. The molecule has 0 saturated carbocycles. The van der Waals surface area contributed by atoms with E-state index >= 15 is 0 Å². The molecule has 0 radical (unpaired) electrons. The van der Waals surface area contributed by atoms with Crippen LogP contribution in [0.1, 0.15) is 10.4 Å². The van der Waals surface area contributed by atoms with E-state index in [0.717, 1.165) is 21.8 Å². The summed E-state index contributed by atoms with van der Waals surface area (Å²) in [4.78, 5) is 5.15. The lowest BCUT2D eigenvalue weighted by Gasteiger charge is -2.09. The molecule has 0 amide bonds. The zero-order valence-corrected chi connectivity index (χ0v) is 10.4. The van der Waals surface area contributed by atoms with E-state index in [1.54, 1.807) is 17.5 Å². The van der Waals surface area contributed by atoms with Gasteiger partial charge >= 0.3 is 0 Å². The van der Waals surface area contributed by atoms with Crippen molar-refractivity contribution in [1.82, 2.24) is 4.98 Å². The molecule has 0 unspecified atom stereocenters. The summed E-state index contributed by atoms with van der Waals surface area (Å²) in [5, 5.41) is 5.73. The number of rotatable bonds is 3. The number of nitrogens with one attached hydrogen (secondary N) is 1. The van der Waals surface area contributed by atoms with Crippen LogP contribution in [0.25, 0.3) is 0 Å². The first kappa shape index (κ1) is 11.2. The maximum absolute atomic E-state index is 6.01. The zero-order valence-electron chi connectivity index (χ0n) is 8.83. The molecule has 0 saturated heterocycles. The van der Waals surface area contributed by atoms with E-state index in [9.17, 15) is 0 Å². The van der Waals surface area contributed by atoms with Crippen LogP contribution in [0.5, 0.6) is 0 Å². The molecule has 0 aliphatic rings. The van der Waals surface area contributed by atoms with Gasteiger partial charge in [-0.3, -0.25) is 0 Å². The molecule has 84 valence electrons. The number of aryl methyl sites for hydroxylation is 1. The van der Waals surface area contributed by atoms with Gasteiger partial charge in [0, 0.05) is 16.8 Å². The summed E-state index contributed by atoms with van der Waals surface area (Å²) in [6.07, 6.45) is 1.70. The number of anilines is 2. The van der Waals surface area contributed by atoms with Gasteiger partial charge in [0.2, 0.25) is 0 Å². The molecule has 3 N–H and O–H groups in total. The minimum atomic E-state index is 0.495. The van der Waals surface area contributed by atoms with Gasteiger partial charge in [-0.25, -0.2) is 4.98 Å². The highest BCUT2D eigenvalue weighted by atomic mass is 35.5. The number of thiophene rings is 1. The molecule has 0 aliphatic heterocycles. The van der Waals surface area contributed by atoms with E-state index in [2.05, 4.69) is 10.3 Å². The normalized spacial score (nSPS) is 10.4. The summed E-state index contributed by atoms with van der Waals surface area (Å²) in [5.74, 6) is 0. The summed E-state index contributed by atoms with van der Waals surface area (Å²) >= 11 is 7.64. The second kappa shape index (κ2) is 4.72. The van der Waals surface area contributed by atoms with E-state index in [4.69, 9.17) is 17.3 Å². The number of hydrogen-bond donors (Lipinski definition) is 2. The topological polar surface area (TPSA) is 50.9 Å². The zero-order chi connectivity index (χ0) is 11.5. The quantitative estimate of drug-likeness (QED) is 0.826. The highest BCUT2D eigenvalue weighted by Crippen LogP contribution is 2.25. The van der Waals surface area contributed by atoms with Crippen molar-refractivity contribution < 1.29 is 0 Å². The molecule has 2 heterocycles. The number of aromatic nitrogens is 1. The Labute approximate surface area is 103 Å². The van der Waals surface area contributed by atoms with E-state index in [-0.39, 0.29) is 0 Å². The first-order chi connectivity index (χ1) is 7.68. The lowest BCUT2D eigenvalue weighted by molar-refractivity contribution is 1.16. The Morgan fingerprint density at radius 2 is 2.31 bits per heavy atom. The van der Waals surface area contributed by atoms with Crippen molar-refractivity contribution in [3.8, 4) is 0 Å². The predicted octanol–water partition coefficient (Wildman–Crippen LogP) is 3.30. The maximum Gasteiger partial charge on any atom is 0.152 e. The highest BCUT2D eigenvalue weighted by Gasteiger charge is 2.06. The molecule has 0 atom stereocenters. The van der Waals surface area contributed by atoms with E-state index in [0.29, 0.717) is 11.7 Å². The average Bonchev–Trinajstić information content (AvgIpc) is 2.64. The largest absolute Gasteiger partial charge is 0.398 e. The Morgan fingerprint density at radius 3 is 2.94 bits per heavy atom. The van der Waals surface area contributed by atoms with Gasteiger partial charge in [-0.15, -0.1) is 11.3 Å². The predicted molar refractivity (Wildman–Crippen MR) is 70.0 cm³/mol. The molecule has 0 fully saturated rings. The third-order valence-corrected chi connectivity index (χ3v) is 3.54. The molecule has 0 bridgehead atoms. The van der Waals surface area contributed by atoms with Crippen LogP contribution < -0.4 is 11.1 Å². The first-order valence-corrected chi connectivity index (χ1v) is 6.11. The molecule has 16 heavy (non-hydrogen) atoms. The van der Waals surface area contributed by atoms with Crippen molar-refractivity contribution in [3.05, 3.63) is 39.3 Å². The second-order valence-electron chi connectivity index (χ2n) is 3.45. The van der Waals surface area contributed by atoms with Gasteiger partial charge in [-0.05, 0) is 30.0 Å². The van der Waals surface area contributed by atoms with Crippen LogP contribution in [0.4, 0.5) is 11.4 Å². The Bertz CT molecular complexity index is 475. The fourth-order valence-corrected chi connectivity index (χ4v) is 2.41. The van der Waals surface area contributed by atoms with Crippen molar-refractivity contribution in [1.29, 1.82) is 0 Å². The van der Waals surface area contributed by atoms with Crippen LogP contribution in [0.2, 0.25) is 5.15 Å². The van der Waals surface area contributed by atoms with Gasteiger partial charge in [0.05, 0.1) is 12.2 Å². The van der Waals surface area contributed by atoms with Crippen molar-refractivity contribution >= 4 is 34.3 Å². The van der Waals surface area contributed by atoms with Gasteiger partial charge in [0.15, 0.2) is 5.15 Å². The van der Waals surface area contributed by atoms with Gasteiger partial charge in [0.1, 0.15) is 0 Å². The Kier molecular flexibility index (Phi) is 3.31. The third kappa shape index (κ3) is 2.28. The van der Waals surface area contributed by atoms with E-state index in [1.165, 1.54) is 0 Å². The molecule has 0 aromatic carbocycles. The standard InChI is InChI=1S/C11H12ClN3S/c1-7-2-4-14-11(12)10(7)15-6-9-8(13)3-5-16-9/h2-5,15H,6,13H2,1H3. The first-order valence-electron chi connectivity index (χ1n) is 4.85. The summed E-state index contributed by atoms with van der Waals surface area (Å²) in [5.41, 5.74) is 8.57. The molecule has 2 aromatic heterocycles. The van der Waals surface area contributed by atoms with Crippen molar-refractivity contribution in [2.24, 2.45) is 0 Å². The van der Waals surface area contributed by atoms with Gasteiger partial charge in [0.25, 0.3) is 0 Å². The number of nitrogens with two attached hydrogens (primary N) is 1. The van der Waals surface area contributed by atoms with Crippen LogP contribution in [0.15, 0.2) is 23.7 Å². The Hall–Kier alpha value is -1.26. The molecule has 2 aromatic rings. The highest BCUT2D eigenvalue weighted by molar-refractivity contribution is 7.10. The Morgan fingerprint density at radius 1 is 1.50 bits per heavy atom. The fraction of sp³-hybridized carbons (Fsp3) is 0.182.